The molecule has 0 aliphatic carbocycles. The quantitative estimate of drug-likeness (QED) is 0.821. The molecular formula is C14H20FN3O2. The van der Waals surface area contributed by atoms with E-state index in [4.69, 9.17) is 10.5 Å². The highest BCUT2D eigenvalue weighted by atomic mass is 19.1. The molecule has 20 heavy (non-hydrogen) atoms. The molecule has 5 nitrogen and oxygen atoms in total. The van der Waals surface area contributed by atoms with E-state index in [1.807, 2.05) is 11.8 Å². The van der Waals surface area contributed by atoms with E-state index in [1.54, 1.807) is 6.07 Å². The van der Waals surface area contributed by atoms with Gasteiger partial charge in [0.05, 0.1) is 24.5 Å². The van der Waals surface area contributed by atoms with Crippen molar-refractivity contribution in [2.24, 2.45) is 0 Å². The maximum Gasteiger partial charge on any atom is 0.239 e. The molecule has 0 atom stereocenters. The molecule has 0 aromatic heterocycles. The Kier molecular flexibility index (Phi) is 4.65. The monoisotopic (exact) mass is 281 g/mol. The second-order valence-electron chi connectivity index (χ2n) is 4.81. The minimum atomic E-state index is -0.473. The Morgan fingerprint density at radius 2 is 2.30 bits per heavy atom. The van der Waals surface area contributed by atoms with Crippen LogP contribution in [0.15, 0.2) is 12.1 Å². The van der Waals surface area contributed by atoms with Crippen LogP contribution in [0.4, 0.5) is 15.8 Å². The van der Waals surface area contributed by atoms with E-state index in [-0.39, 0.29) is 18.2 Å². The number of nitrogens with zero attached hydrogens (tertiary/aromatic N) is 1. The summed E-state index contributed by atoms with van der Waals surface area (Å²) in [4.78, 5) is 13.5. The SMILES string of the molecule is CCCOc1cc(N2CCCNC(=O)C2)c(N)cc1F. The number of nitrogens with two attached hydrogens (primary N) is 1. The third kappa shape index (κ3) is 3.31. The number of nitrogen functional groups attached to an aromatic ring is 1. The Bertz CT molecular complexity index is 494. The van der Waals surface area contributed by atoms with Crippen molar-refractivity contribution in [3.05, 3.63) is 17.9 Å². The predicted molar refractivity (Wildman–Crippen MR) is 76.4 cm³/mol. The van der Waals surface area contributed by atoms with Gasteiger partial charge in [-0.2, -0.15) is 0 Å². The first kappa shape index (κ1) is 14.4. The van der Waals surface area contributed by atoms with Crippen molar-refractivity contribution < 1.29 is 13.9 Å². The van der Waals surface area contributed by atoms with E-state index >= 15 is 0 Å². The summed E-state index contributed by atoms with van der Waals surface area (Å²) >= 11 is 0. The molecule has 3 N–H and O–H groups in total. The fourth-order valence-corrected chi connectivity index (χ4v) is 2.17. The molecule has 0 saturated carbocycles. The number of hydrogen-bond donors (Lipinski definition) is 2. The number of hydrogen-bond acceptors (Lipinski definition) is 4. The van der Waals surface area contributed by atoms with Gasteiger partial charge in [-0.3, -0.25) is 4.79 Å². The number of rotatable bonds is 4. The molecule has 1 heterocycles. The van der Waals surface area contributed by atoms with E-state index in [0.717, 1.165) is 12.8 Å². The molecule has 1 aromatic rings. The molecule has 0 bridgehead atoms. The van der Waals surface area contributed by atoms with Crippen LogP contribution in [0.3, 0.4) is 0 Å². The molecule has 0 unspecified atom stereocenters. The minimum Gasteiger partial charge on any atom is -0.490 e. The summed E-state index contributed by atoms with van der Waals surface area (Å²) in [6.07, 6.45) is 1.62. The summed E-state index contributed by atoms with van der Waals surface area (Å²) in [5.41, 5.74) is 6.85. The van der Waals surface area contributed by atoms with Gasteiger partial charge in [0, 0.05) is 25.2 Å². The van der Waals surface area contributed by atoms with Crippen LogP contribution in [0.1, 0.15) is 19.8 Å². The molecular weight excluding hydrogens is 261 g/mol. The zero-order valence-corrected chi connectivity index (χ0v) is 11.6. The fraction of sp³-hybridized carbons (Fsp3) is 0.500. The lowest BCUT2D eigenvalue weighted by molar-refractivity contribution is -0.119. The van der Waals surface area contributed by atoms with Gasteiger partial charge in [0.25, 0.3) is 0 Å². The fourth-order valence-electron chi connectivity index (χ4n) is 2.17. The second kappa shape index (κ2) is 6.45. The Balaban J connectivity index is 2.27. The van der Waals surface area contributed by atoms with E-state index in [2.05, 4.69) is 5.32 Å². The van der Waals surface area contributed by atoms with E-state index in [1.165, 1.54) is 6.07 Å². The number of carbonyl (C=O) groups excluding carboxylic acids is 1. The molecule has 110 valence electrons. The van der Waals surface area contributed by atoms with E-state index in [0.29, 0.717) is 31.1 Å². The lowest BCUT2D eigenvalue weighted by Gasteiger charge is -2.24. The van der Waals surface area contributed by atoms with E-state index in [9.17, 15) is 9.18 Å². The Labute approximate surface area is 117 Å². The van der Waals surface area contributed by atoms with Crippen molar-refractivity contribution in [2.75, 3.05) is 36.9 Å². The van der Waals surface area contributed by atoms with Crippen LogP contribution in [0, 0.1) is 5.82 Å². The number of nitrogens with one attached hydrogen (secondary N) is 1. The van der Waals surface area contributed by atoms with Gasteiger partial charge in [-0.05, 0) is 12.8 Å². The second-order valence-corrected chi connectivity index (χ2v) is 4.81. The van der Waals surface area contributed by atoms with Crippen LogP contribution in [0.2, 0.25) is 0 Å². The summed E-state index contributed by atoms with van der Waals surface area (Å²) < 4.78 is 19.1. The zero-order valence-electron chi connectivity index (χ0n) is 11.6. The van der Waals surface area contributed by atoms with Crippen molar-refractivity contribution in [1.82, 2.24) is 5.32 Å². The van der Waals surface area contributed by atoms with Crippen LogP contribution in [-0.2, 0) is 4.79 Å². The van der Waals surface area contributed by atoms with Gasteiger partial charge in [0.1, 0.15) is 0 Å². The normalized spacial score (nSPS) is 15.7. The van der Waals surface area contributed by atoms with Crippen molar-refractivity contribution in [1.29, 1.82) is 0 Å². The molecule has 2 rings (SSSR count). The highest BCUT2D eigenvalue weighted by Crippen LogP contribution is 2.31. The molecule has 6 heteroatoms. The third-order valence-corrected chi connectivity index (χ3v) is 3.15. The van der Waals surface area contributed by atoms with Gasteiger partial charge in [0.15, 0.2) is 11.6 Å². The van der Waals surface area contributed by atoms with Gasteiger partial charge in [-0.15, -0.1) is 0 Å². The first-order valence-corrected chi connectivity index (χ1v) is 6.85. The number of benzene rings is 1. The van der Waals surface area contributed by atoms with Crippen molar-refractivity contribution in [3.63, 3.8) is 0 Å². The van der Waals surface area contributed by atoms with Gasteiger partial charge < -0.3 is 20.7 Å². The summed E-state index contributed by atoms with van der Waals surface area (Å²) in [7, 11) is 0. The lowest BCUT2D eigenvalue weighted by Crippen LogP contribution is -2.33. The topological polar surface area (TPSA) is 67.6 Å². The van der Waals surface area contributed by atoms with Crippen LogP contribution in [0.25, 0.3) is 0 Å². The third-order valence-electron chi connectivity index (χ3n) is 3.15. The standard InChI is InChI=1S/C14H20FN3O2/c1-2-6-20-13-8-12(11(16)7-10(13)15)18-5-3-4-17-14(19)9-18/h7-8H,2-6,9,16H2,1H3,(H,17,19). The van der Waals surface area contributed by atoms with Crippen LogP contribution in [0.5, 0.6) is 5.75 Å². The average molecular weight is 281 g/mol. The van der Waals surface area contributed by atoms with Gasteiger partial charge in [-0.1, -0.05) is 6.92 Å². The Morgan fingerprint density at radius 3 is 3.05 bits per heavy atom. The van der Waals surface area contributed by atoms with Gasteiger partial charge in [-0.25, -0.2) is 4.39 Å². The highest BCUT2D eigenvalue weighted by Gasteiger charge is 2.19. The number of anilines is 2. The van der Waals surface area contributed by atoms with Gasteiger partial charge in [0.2, 0.25) is 5.91 Å². The van der Waals surface area contributed by atoms with Gasteiger partial charge >= 0.3 is 0 Å². The molecule has 1 saturated heterocycles. The maximum absolute atomic E-state index is 13.8. The molecule has 1 fully saturated rings. The highest BCUT2D eigenvalue weighted by molar-refractivity contribution is 5.83. The molecule has 1 aliphatic heterocycles. The molecule has 1 aromatic carbocycles. The Hall–Kier alpha value is -1.98. The lowest BCUT2D eigenvalue weighted by atomic mass is 10.2. The molecule has 0 spiro atoms. The van der Waals surface area contributed by atoms with Crippen LogP contribution >= 0.6 is 0 Å². The predicted octanol–water partition coefficient (Wildman–Crippen LogP) is 1.52. The largest absolute Gasteiger partial charge is 0.490 e. The van der Waals surface area contributed by atoms with Crippen LogP contribution in [-0.4, -0.2) is 32.1 Å². The number of ether oxygens (including phenoxy) is 1. The number of halogens is 1. The minimum absolute atomic E-state index is 0.0535. The maximum atomic E-state index is 13.8. The van der Waals surface area contributed by atoms with Crippen molar-refractivity contribution in [3.8, 4) is 5.75 Å². The van der Waals surface area contributed by atoms with Crippen molar-refractivity contribution >= 4 is 17.3 Å². The molecule has 1 amide bonds. The summed E-state index contributed by atoms with van der Waals surface area (Å²) in [5, 5.41) is 2.80. The Morgan fingerprint density at radius 1 is 1.50 bits per heavy atom. The summed E-state index contributed by atoms with van der Waals surface area (Å²) in [6, 6.07) is 2.84. The molecule has 0 radical (unpaired) electrons. The number of amides is 1. The first-order valence-electron chi connectivity index (χ1n) is 6.85. The smallest absolute Gasteiger partial charge is 0.239 e. The van der Waals surface area contributed by atoms with E-state index < -0.39 is 5.82 Å². The summed E-state index contributed by atoms with van der Waals surface area (Å²) in [5.74, 6) is -0.345. The first-order chi connectivity index (χ1) is 9.61. The molecule has 1 aliphatic rings. The van der Waals surface area contributed by atoms with Crippen molar-refractivity contribution in [2.45, 2.75) is 19.8 Å². The zero-order chi connectivity index (χ0) is 14.5. The number of carbonyl (C=O) groups is 1. The van der Waals surface area contributed by atoms with Crippen LogP contribution < -0.4 is 20.7 Å². The average Bonchev–Trinajstić information content (AvgIpc) is 2.62. The summed E-state index contributed by atoms with van der Waals surface area (Å²) in [6.45, 7) is 3.97.